The van der Waals surface area contributed by atoms with Crippen molar-refractivity contribution < 1.29 is 13.2 Å². The number of nitrogens with zero attached hydrogens (tertiary/aromatic N) is 2. The van der Waals surface area contributed by atoms with Crippen LogP contribution in [0.1, 0.15) is 53.2 Å². The van der Waals surface area contributed by atoms with Crippen molar-refractivity contribution in [2.45, 2.75) is 63.7 Å². The predicted molar refractivity (Wildman–Crippen MR) is 120 cm³/mol. The Morgan fingerprint density at radius 3 is 2.33 bits per heavy atom. The standard InChI is InChI=1S/C22H31N3O3S2/c1-17-21(29-18(2)24-17)13-14-23-22(26)12-9-19-7-10-20(11-8-19)30(27,28)25-15-5-3-4-6-16-25/h7-8,10-11H,3-6,9,12-16H2,1-2H3,(H,23,26). The van der Waals surface area contributed by atoms with Crippen LogP contribution in [-0.2, 0) is 27.7 Å². The highest BCUT2D eigenvalue weighted by Gasteiger charge is 2.24. The van der Waals surface area contributed by atoms with Gasteiger partial charge >= 0.3 is 0 Å². The van der Waals surface area contributed by atoms with Gasteiger partial charge in [-0.05, 0) is 50.8 Å². The normalized spacial score (nSPS) is 15.7. The van der Waals surface area contributed by atoms with Gasteiger partial charge in [0.25, 0.3) is 0 Å². The molecular formula is C22H31N3O3S2. The molecule has 164 valence electrons. The quantitative estimate of drug-likeness (QED) is 0.668. The van der Waals surface area contributed by atoms with Crippen LogP contribution in [0.25, 0.3) is 0 Å². The van der Waals surface area contributed by atoms with E-state index in [1.807, 2.05) is 26.0 Å². The summed E-state index contributed by atoms with van der Waals surface area (Å²) in [5, 5.41) is 4.01. The van der Waals surface area contributed by atoms with Crippen LogP contribution >= 0.6 is 11.3 Å². The minimum absolute atomic E-state index is 0.00940. The molecule has 1 saturated heterocycles. The summed E-state index contributed by atoms with van der Waals surface area (Å²) in [6, 6.07) is 6.98. The third-order valence-electron chi connectivity index (χ3n) is 5.44. The lowest BCUT2D eigenvalue weighted by atomic mass is 10.1. The van der Waals surface area contributed by atoms with Crippen molar-refractivity contribution in [3.05, 3.63) is 45.4 Å². The number of amides is 1. The van der Waals surface area contributed by atoms with Crippen LogP contribution in [0.15, 0.2) is 29.2 Å². The van der Waals surface area contributed by atoms with Crippen LogP contribution in [0.5, 0.6) is 0 Å². The average Bonchev–Trinajstić information content (AvgIpc) is 2.91. The van der Waals surface area contributed by atoms with Crippen molar-refractivity contribution in [1.82, 2.24) is 14.6 Å². The van der Waals surface area contributed by atoms with E-state index in [0.29, 0.717) is 37.4 Å². The van der Waals surface area contributed by atoms with E-state index in [0.717, 1.165) is 48.4 Å². The molecule has 1 aliphatic rings. The number of hydrogen-bond donors (Lipinski definition) is 1. The van der Waals surface area contributed by atoms with Crippen molar-refractivity contribution >= 4 is 27.3 Å². The summed E-state index contributed by atoms with van der Waals surface area (Å²) in [6.45, 7) is 5.80. The number of aromatic nitrogens is 1. The molecule has 0 spiro atoms. The van der Waals surface area contributed by atoms with Gasteiger partial charge in [-0.3, -0.25) is 4.79 Å². The third kappa shape index (κ3) is 6.12. The average molecular weight is 450 g/mol. The molecule has 0 bridgehead atoms. The molecule has 0 aliphatic carbocycles. The first kappa shape index (κ1) is 22.9. The molecule has 30 heavy (non-hydrogen) atoms. The van der Waals surface area contributed by atoms with Gasteiger partial charge in [0, 0.05) is 37.4 Å². The van der Waals surface area contributed by atoms with Gasteiger partial charge in [-0.25, -0.2) is 13.4 Å². The Labute approximate surface area is 183 Å². The Hall–Kier alpha value is -1.77. The van der Waals surface area contributed by atoms with Crippen LogP contribution in [-0.4, -0.2) is 43.2 Å². The summed E-state index contributed by atoms with van der Waals surface area (Å²) in [6.07, 6.45) is 5.82. The van der Waals surface area contributed by atoms with Gasteiger partial charge in [0.05, 0.1) is 15.6 Å². The van der Waals surface area contributed by atoms with Gasteiger partial charge in [-0.2, -0.15) is 4.31 Å². The number of aryl methyl sites for hydroxylation is 3. The molecule has 0 radical (unpaired) electrons. The smallest absolute Gasteiger partial charge is 0.243 e. The number of nitrogens with one attached hydrogen (secondary N) is 1. The first-order valence-electron chi connectivity index (χ1n) is 10.6. The zero-order valence-corrected chi connectivity index (χ0v) is 19.4. The Morgan fingerprint density at radius 1 is 1.07 bits per heavy atom. The first-order chi connectivity index (χ1) is 14.4. The van der Waals surface area contributed by atoms with E-state index in [9.17, 15) is 13.2 Å². The predicted octanol–water partition coefficient (Wildman–Crippen LogP) is 3.62. The molecule has 0 unspecified atom stereocenters. The minimum atomic E-state index is -3.42. The summed E-state index contributed by atoms with van der Waals surface area (Å²) in [5.74, 6) is 0.00940. The zero-order chi connectivity index (χ0) is 21.6. The minimum Gasteiger partial charge on any atom is -0.356 e. The van der Waals surface area contributed by atoms with E-state index in [1.165, 1.54) is 4.88 Å². The van der Waals surface area contributed by atoms with Gasteiger partial charge < -0.3 is 5.32 Å². The van der Waals surface area contributed by atoms with Crippen LogP contribution in [0.3, 0.4) is 0 Å². The second-order valence-corrected chi connectivity index (χ2v) is 11.0. The second-order valence-electron chi connectivity index (χ2n) is 7.80. The summed E-state index contributed by atoms with van der Waals surface area (Å²) < 4.78 is 27.3. The van der Waals surface area contributed by atoms with Gasteiger partial charge in [0.15, 0.2) is 0 Å². The molecule has 2 aromatic rings. The van der Waals surface area contributed by atoms with Gasteiger partial charge in [0.2, 0.25) is 15.9 Å². The number of carbonyl (C=O) groups excluding carboxylic acids is 1. The maximum atomic E-state index is 12.8. The van der Waals surface area contributed by atoms with Gasteiger partial charge in [-0.1, -0.05) is 25.0 Å². The Morgan fingerprint density at radius 2 is 1.73 bits per heavy atom. The maximum Gasteiger partial charge on any atom is 0.243 e. The highest BCUT2D eigenvalue weighted by molar-refractivity contribution is 7.89. The second kappa shape index (κ2) is 10.5. The SMILES string of the molecule is Cc1nc(C)c(CCNC(=O)CCc2ccc(S(=O)(=O)N3CCCCCC3)cc2)s1. The lowest BCUT2D eigenvalue weighted by Crippen LogP contribution is -2.31. The van der Waals surface area contributed by atoms with Crippen molar-refractivity contribution in [2.75, 3.05) is 19.6 Å². The number of thiazole rings is 1. The topological polar surface area (TPSA) is 79.4 Å². The highest BCUT2D eigenvalue weighted by Crippen LogP contribution is 2.21. The van der Waals surface area contributed by atoms with Crippen LogP contribution in [0.4, 0.5) is 0 Å². The third-order valence-corrected chi connectivity index (χ3v) is 8.49. The molecule has 1 aromatic carbocycles. The van der Waals surface area contributed by atoms with Crippen molar-refractivity contribution in [2.24, 2.45) is 0 Å². The lowest BCUT2D eigenvalue weighted by molar-refractivity contribution is -0.121. The highest BCUT2D eigenvalue weighted by atomic mass is 32.2. The van der Waals surface area contributed by atoms with Crippen molar-refractivity contribution in [1.29, 1.82) is 0 Å². The summed E-state index contributed by atoms with van der Waals surface area (Å²) in [7, 11) is -3.42. The van der Waals surface area contributed by atoms with E-state index < -0.39 is 10.0 Å². The molecule has 3 rings (SSSR count). The van der Waals surface area contributed by atoms with E-state index in [4.69, 9.17) is 0 Å². The molecule has 1 aromatic heterocycles. The fourth-order valence-electron chi connectivity index (χ4n) is 3.73. The molecule has 6 nitrogen and oxygen atoms in total. The molecule has 0 atom stereocenters. The summed E-state index contributed by atoms with van der Waals surface area (Å²) in [4.78, 5) is 18.1. The van der Waals surface area contributed by atoms with E-state index >= 15 is 0 Å². The van der Waals surface area contributed by atoms with Crippen LogP contribution < -0.4 is 5.32 Å². The number of rotatable bonds is 8. The van der Waals surface area contributed by atoms with Crippen LogP contribution in [0, 0.1) is 13.8 Å². The number of benzene rings is 1. The zero-order valence-electron chi connectivity index (χ0n) is 17.8. The summed E-state index contributed by atoms with van der Waals surface area (Å²) in [5.41, 5.74) is 2.01. The number of carbonyl (C=O) groups is 1. The molecule has 1 N–H and O–H groups in total. The Bertz CT molecular complexity index is 945. The van der Waals surface area contributed by atoms with Gasteiger partial charge in [0.1, 0.15) is 0 Å². The lowest BCUT2D eigenvalue weighted by Gasteiger charge is -2.20. The van der Waals surface area contributed by atoms with Crippen molar-refractivity contribution in [3.8, 4) is 0 Å². The molecule has 8 heteroatoms. The van der Waals surface area contributed by atoms with E-state index in [-0.39, 0.29) is 5.91 Å². The van der Waals surface area contributed by atoms with Crippen molar-refractivity contribution in [3.63, 3.8) is 0 Å². The molecule has 1 amide bonds. The molecule has 1 fully saturated rings. The molecule has 1 aliphatic heterocycles. The largest absolute Gasteiger partial charge is 0.356 e. The fourth-order valence-corrected chi connectivity index (χ4v) is 6.18. The fraction of sp³-hybridized carbons (Fsp3) is 0.545. The van der Waals surface area contributed by atoms with Gasteiger partial charge in [-0.15, -0.1) is 11.3 Å². The number of hydrogen-bond acceptors (Lipinski definition) is 5. The van der Waals surface area contributed by atoms with E-state index in [2.05, 4.69) is 10.3 Å². The molecular weight excluding hydrogens is 418 g/mol. The van der Waals surface area contributed by atoms with E-state index in [1.54, 1.807) is 27.8 Å². The molecule has 2 heterocycles. The maximum absolute atomic E-state index is 12.8. The number of sulfonamides is 1. The molecule has 0 saturated carbocycles. The monoisotopic (exact) mass is 449 g/mol. The van der Waals surface area contributed by atoms with Crippen LogP contribution in [0.2, 0.25) is 0 Å². The Kier molecular flexibility index (Phi) is 8.02. The summed E-state index contributed by atoms with van der Waals surface area (Å²) >= 11 is 1.68. The first-order valence-corrected chi connectivity index (χ1v) is 12.9. The Balaban J connectivity index is 1.47.